The molecular weight excluding hydrogens is 421 g/mol. The third-order valence-corrected chi connectivity index (χ3v) is 5.10. The van der Waals surface area contributed by atoms with Gasteiger partial charge < -0.3 is 10.2 Å². The van der Waals surface area contributed by atoms with Crippen LogP contribution in [-0.2, 0) is 4.79 Å². The summed E-state index contributed by atoms with van der Waals surface area (Å²) in [6, 6.07) is 16.5. The van der Waals surface area contributed by atoms with Crippen molar-refractivity contribution < 1.29 is 4.79 Å². The fraction of sp³-hybridized carbons (Fsp3) is 0.0909. The smallest absolute Gasteiger partial charge is 0.244 e. The second-order valence-electron chi connectivity index (χ2n) is 6.63. The van der Waals surface area contributed by atoms with Gasteiger partial charge in [-0.25, -0.2) is 9.97 Å². The lowest BCUT2D eigenvalue weighted by Crippen LogP contribution is -2.31. The van der Waals surface area contributed by atoms with Crippen LogP contribution in [0.1, 0.15) is 0 Å². The fourth-order valence-electron chi connectivity index (χ4n) is 3.06. The van der Waals surface area contributed by atoms with Crippen LogP contribution < -0.4 is 10.2 Å². The third-order valence-electron chi connectivity index (χ3n) is 4.47. The Kier molecular flexibility index (Phi) is 5.79. The Morgan fingerprint density at radius 2 is 1.77 bits per heavy atom. The lowest BCUT2D eigenvalue weighted by molar-refractivity contribution is -0.114. The predicted molar refractivity (Wildman–Crippen MR) is 121 cm³/mol. The molecule has 0 aliphatic carbocycles. The molecule has 0 aliphatic heterocycles. The molecule has 0 saturated heterocycles. The van der Waals surface area contributed by atoms with E-state index in [0.29, 0.717) is 27.4 Å². The van der Waals surface area contributed by atoms with Crippen molar-refractivity contribution in [2.24, 2.45) is 0 Å². The SMILES string of the molecule is CN(CC(=O)Nc1c(Cl)cccc1Cl)c1nc(-c2cccnc2)nc2ccccc12. The van der Waals surface area contributed by atoms with Gasteiger partial charge in [-0.05, 0) is 36.4 Å². The van der Waals surface area contributed by atoms with Gasteiger partial charge in [-0.1, -0.05) is 41.4 Å². The molecule has 6 nitrogen and oxygen atoms in total. The number of likely N-dealkylation sites (N-methyl/N-ethyl adjacent to an activating group) is 1. The molecular formula is C22H17Cl2N5O. The first-order valence-corrected chi connectivity index (χ1v) is 9.90. The number of nitrogens with zero attached hydrogens (tertiary/aromatic N) is 4. The van der Waals surface area contributed by atoms with Gasteiger partial charge in [0.25, 0.3) is 0 Å². The van der Waals surface area contributed by atoms with Gasteiger partial charge in [0.1, 0.15) is 5.82 Å². The second-order valence-corrected chi connectivity index (χ2v) is 7.44. The van der Waals surface area contributed by atoms with Gasteiger partial charge >= 0.3 is 0 Å². The topological polar surface area (TPSA) is 71.0 Å². The van der Waals surface area contributed by atoms with E-state index in [2.05, 4.69) is 15.3 Å². The maximum absolute atomic E-state index is 12.7. The van der Waals surface area contributed by atoms with Crippen molar-refractivity contribution in [1.29, 1.82) is 0 Å². The van der Waals surface area contributed by atoms with Crippen LogP contribution in [0.2, 0.25) is 10.0 Å². The van der Waals surface area contributed by atoms with Crippen molar-refractivity contribution in [3.8, 4) is 11.4 Å². The summed E-state index contributed by atoms with van der Waals surface area (Å²) in [5, 5.41) is 4.38. The number of halogens is 2. The van der Waals surface area contributed by atoms with E-state index in [-0.39, 0.29) is 12.5 Å². The Morgan fingerprint density at radius 1 is 1.00 bits per heavy atom. The Labute approximate surface area is 183 Å². The average Bonchev–Trinajstić information content (AvgIpc) is 2.76. The van der Waals surface area contributed by atoms with E-state index in [9.17, 15) is 4.79 Å². The van der Waals surface area contributed by atoms with Crippen molar-refractivity contribution in [2.75, 3.05) is 23.8 Å². The molecule has 0 atom stereocenters. The Balaban J connectivity index is 1.65. The minimum absolute atomic E-state index is 0.0506. The van der Waals surface area contributed by atoms with Gasteiger partial charge in [0.05, 0.1) is 27.8 Å². The molecule has 8 heteroatoms. The Bertz CT molecular complexity index is 1200. The van der Waals surface area contributed by atoms with Crippen LogP contribution in [0.15, 0.2) is 67.0 Å². The van der Waals surface area contributed by atoms with E-state index in [1.54, 1.807) is 42.5 Å². The monoisotopic (exact) mass is 437 g/mol. The number of carbonyl (C=O) groups is 1. The predicted octanol–water partition coefficient (Wildman–Crippen LogP) is 5.07. The summed E-state index contributed by atoms with van der Waals surface area (Å²) in [4.78, 5) is 27.9. The molecule has 150 valence electrons. The van der Waals surface area contributed by atoms with E-state index in [1.165, 1.54) is 0 Å². The van der Waals surface area contributed by atoms with Gasteiger partial charge in [0, 0.05) is 30.4 Å². The van der Waals surface area contributed by atoms with Crippen LogP contribution in [0.25, 0.3) is 22.3 Å². The summed E-state index contributed by atoms with van der Waals surface area (Å²) in [7, 11) is 1.80. The number of benzene rings is 2. The van der Waals surface area contributed by atoms with Gasteiger partial charge in [0.2, 0.25) is 5.91 Å². The molecule has 0 spiro atoms. The first-order valence-electron chi connectivity index (χ1n) is 9.15. The molecule has 1 amide bonds. The number of hydrogen-bond acceptors (Lipinski definition) is 5. The van der Waals surface area contributed by atoms with E-state index >= 15 is 0 Å². The number of rotatable bonds is 5. The number of nitrogens with one attached hydrogen (secondary N) is 1. The number of aromatic nitrogens is 3. The molecule has 2 aromatic heterocycles. The molecule has 0 saturated carbocycles. The normalized spacial score (nSPS) is 10.8. The highest BCUT2D eigenvalue weighted by molar-refractivity contribution is 6.39. The molecule has 4 rings (SSSR count). The van der Waals surface area contributed by atoms with Crippen molar-refractivity contribution in [3.05, 3.63) is 77.0 Å². The second kappa shape index (κ2) is 8.65. The number of anilines is 2. The lowest BCUT2D eigenvalue weighted by Gasteiger charge is -2.20. The maximum atomic E-state index is 12.7. The van der Waals surface area contributed by atoms with Crippen molar-refractivity contribution in [3.63, 3.8) is 0 Å². The molecule has 0 fully saturated rings. The molecule has 30 heavy (non-hydrogen) atoms. The van der Waals surface area contributed by atoms with Gasteiger partial charge in [-0.2, -0.15) is 0 Å². The van der Waals surface area contributed by atoms with Crippen LogP contribution in [0.3, 0.4) is 0 Å². The molecule has 2 heterocycles. The number of amides is 1. The van der Waals surface area contributed by atoms with E-state index in [4.69, 9.17) is 28.2 Å². The highest BCUT2D eigenvalue weighted by Gasteiger charge is 2.17. The van der Waals surface area contributed by atoms with Gasteiger partial charge in [-0.3, -0.25) is 9.78 Å². The molecule has 0 aliphatic rings. The summed E-state index contributed by atoms with van der Waals surface area (Å²) < 4.78 is 0. The average molecular weight is 438 g/mol. The first-order chi connectivity index (χ1) is 14.5. The fourth-order valence-corrected chi connectivity index (χ4v) is 3.55. The number of fused-ring (bicyclic) bond motifs is 1. The highest BCUT2D eigenvalue weighted by Crippen LogP contribution is 2.30. The lowest BCUT2D eigenvalue weighted by atomic mass is 10.2. The standard InChI is InChI=1S/C22H17Cl2N5O/c1-29(13-19(30)27-20-16(23)8-4-9-17(20)24)22-15-7-2-3-10-18(15)26-21(28-22)14-6-5-11-25-12-14/h2-12H,13H2,1H3,(H,27,30). The van der Waals surface area contributed by atoms with Gasteiger partial charge in [0.15, 0.2) is 5.82 Å². The third kappa shape index (κ3) is 4.20. The number of pyridine rings is 1. The number of para-hydroxylation sites is 2. The van der Waals surface area contributed by atoms with E-state index < -0.39 is 0 Å². The van der Waals surface area contributed by atoms with E-state index in [1.807, 2.05) is 36.4 Å². The van der Waals surface area contributed by atoms with Gasteiger partial charge in [-0.15, -0.1) is 0 Å². The van der Waals surface area contributed by atoms with Crippen molar-refractivity contribution >= 4 is 51.5 Å². The molecule has 2 aromatic carbocycles. The minimum Gasteiger partial charge on any atom is -0.350 e. The Hall–Kier alpha value is -3.22. The summed E-state index contributed by atoms with van der Waals surface area (Å²) in [5.41, 5.74) is 1.97. The molecule has 0 bridgehead atoms. The maximum Gasteiger partial charge on any atom is 0.244 e. The van der Waals surface area contributed by atoms with Crippen LogP contribution in [-0.4, -0.2) is 34.5 Å². The summed E-state index contributed by atoms with van der Waals surface area (Å²) in [5.74, 6) is 0.913. The number of carbonyl (C=O) groups excluding carboxylic acids is 1. The zero-order valence-corrected chi connectivity index (χ0v) is 17.5. The summed E-state index contributed by atoms with van der Waals surface area (Å²) in [6.07, 6.45) is 3.40. The molecule has 0 radical (unpaired) electrons. The van der Waals surface area contributed by atoms with Crippen molar-refractivity contribution in [2.45, 2.75) is 0 Å². The van der Waals surface area contributed by atoms with Crippen LogP contribution in [0.4, 0.5) is 11.5 Å². The quantitative estimate of drug-likeness (QED) is 0.471. The summed E-state index contributed by atoms with van der Waals surface area (Å²) >= 11 is 12.3. The molecule has 0 unspecified atom stereocenters. The highest BCUT2D eigenvalue weighted by atomic mass is 35.5. The first kappa shape index (κ1) is 20.1. The van der Waals surface area contributed by atoms with E-state index in [0.717, 1.165) is 16.5 Å². The Morgan fingerprint density at radius 3 is 2.50 bits per heavy atom. The molecule has 1 N–H and O–H groups in total. The van der Waals surface area contributed by atoms with Crippen LogP contribution in [0, 0.1) is 0 Å². The zero-order chi connectivity index (χ0) is 21.1. The zero-order valence-electron chi connectivity index (χ0n) is 16.0. The van der Waals surface area contributed by atoms with Crippen molar-refractivity contribution in [1.82, 2.24) is 15.0 Å². The summed E-state index contributed by atoms with van der Waals surface area (Å²) in [6.45, 7) is 0.0506. The largest absolute Gasteiger partial charge is 0.350 e. The number of hydrogen-bond donors (Lipinski definition) is 1. The minimum atomic E-state index is -0.266. The van der Waals surface area contributed by atoms with Crippen LogP contribution >= 0.6 is 23.2 Å². The van der Waals surface area contributed by atoms with Crippen LogP contribution in [0.5, 0.6) is 0 Å². The molecule has 4 aromatic rings.